The van der Waals surface area contributed by atoms with E-state index in [0.29, 0.717) is 5.56 Å². The van der Waals surface area contributed by atoms with Gasteiger partial charge in [0.25, 0.3) is 0 Å². The zero-order valence-electron chi connectivity index (χ0n) is 9.56. The van der Waals surface area contributed by atoms with Gasteiger partial charge >= 0.3 is 11.9 Å². The van der Waals surface area contributed by atoms with E-state index in [0.717, 1.165) is 6.92 Å². The Labute approximate surface area is 103 Å². The van der Waals surface area contributed by atoms with Crippen LogP contribution in [0.3, 0.4) is 0 Å². The minimum atomic E-state index is -1.54. The van der Waals surface area contributed by atoms with Crippen LogP contribution in [0.4, 0.5) is 0 Å². The zero-order valence-corrected chi connectivity index (χ0v) is 9.56. The van der Waals surface area contributed by atoms with Gasteiger partial charge in [0.15, 0.2) is 0 Å². The van der Waals surface area contributed by atoms with Gasteiger partial charge in [-0.15, -0.1) is 0 Å². The van der Waals surface area contributed by atoms with Crippen LogP contribution >= 0.6 is 0 Å². The van der Waals surface area contributed by atoms with Crippen molar-refractivity contribution in [3.63, 3.8) is 0 Å². The van der Waals surface area contributed by atoms with Gasteiger partial charge in [0, 0.05) is 11.8 Å². The molecule has 1 N–H and O–H groups in total. The van der Waals surface area contributed by atoms with Gasteiger partial charge in [-0.25, -0.2) is 4.79 Å². The number of benzene rings is 1. The Balaban J connectivity index is 3.12. The molecule has 0 bridgehead atoms. The molecule has 18 heavy (non-hydrogen) atoms. The molecule has 0 saturated heterocycles. The van der Waals surface area contributed by atoms with Gasteiger partial charge in [0.1, 0.15) is 6.04 Å². The lowest BCUT2D eigenvalue weighted by atomic mass is 10.0. The Morgan fingerprint density at radius 3 is 2.44 bits per heavy atom. The molecule has 1 aromatic carbocycles. The Morgan fingerprint density at radius 1 is 1.39 bits per heavy atom. The molecule has 0 amide bonds. The number of hydrogen-bond donors (Lipinski definition) is 1. The lowest BCUT2D eigenvalue weighted by Gasteiger charge is -2.19. The third-order valence-corrected chi connectivity index (χ3v) is 2.14. The largest absolute Gasteiger partial charge is 0.478 e. The fraction of sp³-hybridized carbons (Fsp3) is 0.273. The highest BCUT2D eigenvalue weighted by Crippen LogP contribution is 2.24. The number of hydrogen-bond acceptors (Lipinski definition) is 4. The van der Waals surface area contributed by atoms with Crippen molar-refractivity contribution in [3.8, 4) is 0 Å². The lowest BCUT2D eigenvalue weighted by Crippen LogP contribution is -2.31. The molecule has 0 aliphatic heterocycles. The zero-order chi connectivity index (χ0) is 13.5. The summed E-state index contributed by atoms with van der Waals surface area (Å²) in [6.07, 6.45) is -1.54. The first-order valence-corrected chi connectivity index (χ1v) is 5.05. The number of aliphatic carboxylic acids is 1. The van der Waals surface area contributed by atoms with Crippen molar-refractivity contribution in [1.29, 1.82) is 0 Å². The summed E-state index contributed by atoms with van der Waals surface area (Å²) in [5.74, 6) is -2.12. The average molecular weight is 249 g/mol. The third kappa shape index (κ3) is 3.50. The highest BCUT2D eigenvalue weighted by Gasteiger charge is 2.31. The van der Waals surface area contributed by atoms with Gasteiger partial charge in [-0.1, -0.05) is 35.4 Å². The van der Waals surface area contributed by atoms with Crippen LogP contribution in [0.2, 0.25) is 0 Å². The van der Waals surface area contributed by atoms with Crippen molar-refractivity contribution in [2.45, 2.75) is 19.1 Å². The monoisotopic (exact) mass is 249 g/mol. The van der Waals surface area contributed by atoms with Gasteiger partial charge in [-0.05, 0) is 11.1 Å². The van der Waals surface area contributed by atoms with Crippen molar-refractivity contribution in [2.75, 3.05) is 0 Å². The number of rotatable bonds is 5. The van der Waals surface area contributed by atoms with Crippen LogP contribution < -0.4 is 0 Å². The Hall–Kier alpha value is -2.53. The molecule has 0 heterocycles. The van der Waals surface area contributed by atoms with E-state index in [4.69, 9.17) is 10.6 Å². The maximum atomic E-state index is 11.1. The Kier molecular flexibility index (Phi) is 4.71. The molecular formula is C11H11N3O4. The summed E-state index contributed by atoms with van der Waals surface area (Å²) >= 11 is 0. The van der Waals surface area contributed by atoms with Crippen molar-refractivity contribution in [1.82, 2.24) is 0 Å². The minimum absolute atomic E-state index is 0.462. The second kappa shape index (κ2) is 6.27. The van der Waals surface area contributed by atoms with Gasteiger partial charge in [-0.3, -0.25) is 4.79 Å². The normalized spacial score (nSPS) is 12.9. The summed E-state index contributed by atoms with van der Waals surface area (Å²) in [4.78, 5) is 24.5. The molecule has 0 aromatic heterocycles. The summed E-state index contributed by atoms with van der Waals surface area (Å²) in [5.41, 5.74) is 8.95. The Morgan fingerprint density at radius 2 is 2.00 bits per heavy atom. The fourth-order valence-corrected chi connectivity index (χ4v) is 1.44. The molecule has 94 valence electrons. The molecule has 0 spiro atoms. The molecule has 2 unspecified atom stereocenters. The number of carboxylic acids is 1. The topological polar surface area (TPSA) is 112 Å². The molecule has 1 rings (SSSR count). The second-order valence-corrected chi connectivity index (χ2v) is 3.43. The van der Waals surface area contributed by atoms with E-state index in [9.17, 15) is 9.59 Å². The molecule has 0 radical (unpaired) electrons. The number of azide groups is 1. The van der Waals surface area contributed by atoms with Gasteiger partial charge in [0.2, 0.25) is 6.10 Å². The van der Waals surface area contributed by atoms with E-state index in [1.807, 2.05) is 0 Å². The number of esters is 1. The van der Waals surface area contributed by atoms with E-state index in [-0.39, 0.29) is 0 Å². The molecular weight excluding hydrogens is 238 g/mol. The summed E-state index contributed by atoms with van der Waals surface area (Å²) in [7, 11) is 0. The first-order valence-electron chi connectivity index (χ1n) is 5.05. The first-order chi connectivity index (χ1) is 8.56. The molecule has 0 aliphatic carbocycles. The van der Waals surface area contributed by atoms with E-state index in [1.54, 1.807) is 30.3 Å². The number of ether oxygens (including phenoxy) is 1. The van der Waals surface area contributed by atoms with Gasteiger partial charge in [0.05, 0.1) is 0 Å². The predicted molar refractivity (Wildman–Crippen MR) is 61.5 cm³/mol. The fourth-order valence-electron chi connectivity index (χ4n) is 1.44. The lowest BCUT2D eigenvalue weighted by molar-refractivity contribution is -0.164. The van der Waals surface area contributed by atoms with Gasteiger partial charge < -0.3 is 9.84 Å². The average Bonchev–Trinajstić information content (AvgIpc) is 2.34. The van der Waals surface area contributed by atoms with Gasteiger partial charge in [-0.2, -0.15) is 0 Å². The predicted octanol–water partition coefficient (Wildman–Crippen LogP) is 2.05. The molecule has 2 atom stereocenters. The van der Waals surface area contributed by atoms with Crippen LogP contribution in [0.15, 0.2) is 35.4 Å². The van der Waals surface area contributed by atoms with Crippen LogP contribution in [-0.4, -0.2) is 23.1 Å². The first kappa shape index (κ1) is 13.5. The highest BCUT2D eigenvalue weighted by molar-refractivity contribution is 5.78. The molecule has 0 aliphatic rings. The second-order valence-electron chi connectivity index (χ2n) is 3.43. The van der Waals surface area contributed by atoms with Crippen LogP contribution in [0, 0.1) is 0 Å². The van der Waals surface area contributed by atoms with Crippen molar-refractivity contribution >= 4 is 11.9 Å². The minimum Gasteiger partial charge on any atom is -0.478 e. The SMILES string of the molecule is CC(=O)OC(C(=O)O)C(N=[N+]=[N-])c1ccccc1. The number of carbonyl (C=O) groups excluding carboxylic acids is 1. The van der Waals surface area contributed by atoms with Crippen LogP contribution in [0.5, 0.6) is 0 Å². The molecule has 1 aromatic rings. The number of nitrogens with zero attached hydrogens (tertiary/aromatic N) is 3. The quantitative estimate of drug-likeness (QED) is 0.372. The highest BCUT2D eigenvalue weighted by atomic mass is 16.6. The van der Waals surface area contributed by atoms with Crippen LogP contribution in [-0.2, 0) is 14.3 Å². The van der Waals surface area contributed by atoms with E-state index in [1.165, 1.54) is 0 Å². The number of carboxylic acid groups (broad SMARTS) is 1. The molecule has 7 heteroatoms. The van der Waals surface area contributed by atoms with Crippen molar-refractivity contribution in [3.05, 3.63) is 46.3 Å². The standard InChI is InChI=1S/C11H11N3O4/c1-7(15)18-10(11(16)17)9(13-14-12)8-5-3-2-4-6-8/h2-6,9-10H,1H3,(H,16,17). The summed E-state index contributed by atoms with van der Waals surface area (Å²) in [6, 6.07) is 7.16. The summed E-state index contributed by atoms with van der Waals surface area (Å²) in [6.45, 7) is 1.09. The summed E-state index contributed by atoms with van der Waals surface area (Å²) in [5, 5.41) is 12.4. The smallest absolute Gasteiger partial charge is 0.345 e. The molecule has 0 saturated carbocycles. The maximum absolute atomic E-state index is 11.1. The van der Waals surface area contributed by atoms with Crippen LogP contribution in [0.25, 0.3) is 10.4 Å². The number of carbonyl (C=O) groups is 2. The van der Waals surface area contributed by atoms with Crippen LogP contribution in [0.1, 0.15) is 18.5 Å². The van der Waals surface area contributed by atoms with E-state index < -0.39 is 24.1 Å². The maximum Gasteiger partial charge on any atom is 0.345 e. The molecule has 0 fully saturated rings. The van der Waals surface area contributed by atoms with Crippen molar-refractivity contribution in [2.24, 2.45) is 5.11 Å². The van der Waals surface area contributed by atoms with Crippen molar-refractivity contribution < 1.29 is 19.4 Å². The Bertz CT molecular complexity index is 482. The van der Waals surface area contributed by atoms with E-state index in [2.05, 4.69) is 14.8 Å². The molecule has 7 nitrogen and oxygen atoms in total. The third-order valence-electron chi connectivity index (χ3n) is 2.14. The van der Waals surface area contributed by atoms with E-state index >= 15 is 0 Å². The summed E-state index contributed by atoms with van der Waals surface area (Å²) < 4.78 is 4.68.